The van der Waals surface area contributed by atoms with Gasteiger partial charge in [-0.1, -0.05) is 0 Å². The van der Waals surface area contributed by atoms with E-state index in [1.807, 2.05) is 40.8 Å². The highest BCUT2D eigenvalue weighted by molar-refractivity contribution is 5.78. The number of hydrogen-bond donors (Lipinski definition) is 0. The number of carbonyl (C=O) groups excluding carboxylic acids is 1. The van der Waals surface area contributed by atoms with Gasteiger partial charge in [0, 0.05) is 51.0 Å². The number of aryl methyl sites for hydroxylation is 1. The van der Waals surface area contributed by atoms with Crippen LogP contribution in [0.4, 0.5) is 5.95 Å². The Morgan fingerprint density at radius 2 is 1.92 bits per heavy atom. The molecule has 1 fully saturated rings. The number of piperazine rings is 1. The maximum absolute atomic E-state index is 12.5. The van der Waals surface area contributed by atoms with Crippen LogP contribution in [0.3, 0.4) is 0 Å². The summed E-state index contributed by atoms with van der Waals surface area (Å²) in [5, 5.41) is 0. The molecule has 26 heavy (non-hydrogen) atoms. The van der Waals surface area contributed by atoms with E-state index in [1.54, 1.807) is 18.5 Å². The first kappa shape index (κ1) is 16.3. The van der Waals surface area contributed by atoms with E-state index in [1.165, 1.54) is 0 Å². The van der Waals surface area contributed by atoms with E-state index in [-0.39, 0.29) is 12.5 Å². The van der Waals surface area contributed by atoms with Crippen molar-refractivity contribution in [1.29, 1.82) is 0 Å². The molecule has 1 saturated heterocycles. The van der Waals surface area contributed by atoms with E-state index in [9.17, 15) is 4.79 Å². The predicted octanol–water partition coefficient (Wildman–Crippen LogP) is 1.16. The van der Waals surface area contributed by atoms with E-state index in [2.05, 4.69) is 19.9 Å². The number of aromatic nitrogens is 4. The number of pyridine rings is 1. The molecular weight excluding hydrogens is 332 g/mol. The molecule has 4 heterocycles. The average molecular weight is 352 g/mol. The van der Waals surface area contributed by atoms with Crippen molar-refractivity contribution >= 4 is 17.5 Å². The molecule has 4 rings (SSSR count). The highest BCUT2D eigenvalue weighted by atomic mass is 16.5. The number of ether oxygens (including phenoxy) is 1. The second-order valence-electron chi connectivity index (χ2n) is 6.19. The second-order valence-corrected chi connectivity index (χ2v) is 6.19. The van der Waals surface area contributed by atoms with Crippen molar-refractivity contribution < 1.29 is 9.53 Å². The number of amides is 1. The Labute approximate surface area is 151 Å². The van der Waals surface area contributed by atoms with Crippen molar-refractivity contribution in [3.63, 3.8) is 0 Å². The van der Waals surface area contributed by atoms with E-state index >= 15 is 0 Å². The highest BCUT2D eigenvalue weighted by Crippen LogP contribution is 2.19. The zero-order valence-electron chi connectivity index (χ0n) is 14.6. The zero-order valence-corrected chi connectivity index (χ0v) is 14.6. The lowest BCUT2D eigenvalue weighted by Gasteiger charge is -2.34. The normalized spacial score (nSPS) is 14.7. The van der Waals surface area contributed by atoms with Crippen LogP contribution < -0.4 is 9.64 Å². The summed E-state index contributed by atoms with van der Waals surface area (Å²) in [5.74, 6) is 1.30. The Bertz CT molecular complexity index is 902. The number of rotatable bonds is 4. The molecular formula is C18H20N6O2. The summed E-state index contributed by atoms with van der Waals surface area (Å²) in [6.07, 6.45) is 7.29. The third kappa shape index (κ3) is 3.30. The Balaban J connectivity index is 1.34. The Morgan fingerprint density at radius 3 is 2.69 bits per heavy atom. The monoisotopic (exact) mass is 352 g/mol. The molecule has 134 valence electrons. The number of anilines is 1. The lowest BCUT2D eigenvalue weighted by molar-refractivity contribution is -0.133. The van der Waals surface area contributed by atoms with Gasteiger partial charge in [0.05, 0.1) is 5.69 Å². The van der Waals surface area contributed by atoms with Crippen molar-refractivity contribution in [3.8, 4) is 5.75 Å². The molecule has 1 amide bonds. The first-order chi connectivity index (χ1) is 12.7. The maximum Gasteiger partial charge on any atom is 0.260 e. The van der Waals surface area contributed by atoms with Gasteiger partial charge in [0.15, 0.2) is 18.0 Å². The number of nitrogens with zero attached hydrogens (tertiary/aromatic N) is 6. The third-order valence-electron chi connectivity index (χ3n) is 4.39. The summed E-state index contributed by atoms with van der Waals surface area (Å²) in [7, 11) is 0. The standard InChI is InChI=1S/C18H20N6O2/c1-14-12-24-7-2-4-15(17(24)21-14)26-13-16(25)22-8-10-23(11-9-22)18-19-5-3-6-20-18/h2-7,12H,8-11,13H2,1H3. The van der Waals surface area contributed by atoms with Crippen LogP contribution >= 0.6 is 0 Å². The molecule has 1 aliphatic rings. The van der Waals surface area contributed by atoms with E-state index < -0.39 is 0 Å². The van der Waals surface area contributed by atoms with Crippen LogP contribution in [0.1, 0.15) is 5.69 Å². The topological polar surface area (TPSA) is 75.9 Å². The van der Waals surface area contributed by atoms with Crippen LogP contribution in [0.5, 0.6) is 5.75 Å². The summed E-state index contributed by atoms with van der Waals surface area (Å²) >= 11 is 0. The number of hydrogen-bond acceptors (Lipinski definition) is 6. The van der Waals surface area contributed by atoms with Gasteiger partial charge in [-0.2, -0.15) is 0 Å². The van der Waals surface area contributed by atoms with Crippen LogP contribution in [-0.2, 0) is 4.79 Å². The van der Waals surface area contributed by atoms with Crippen LogP contribution in [0, 0.1) is 6.92 Å². The van der Waals surface area contributed by atoms with Gasteiger partial charge in [-0.25, -0.2) is 15.0 Å². The Hall–Kier alpha value is -3.16. The van der Waals surface area contributed by atoms with Gasteiger partial charge in [-0.05, 0) is 25.1 Å². The Kier molecular flexibility index (Phi) is 4.39. The molecule has 1 aliphatic heterocycles. The molecule has 0 aromatic carbocycles. The molecule has 0 saturated carbocycles. The highest BCUT2D eigenvalue weighted by Gasteiger charge is 2.23. The van der Waals surface area contributed by atoms with Crippen LogP contribution in [0.25, 0.3) is 5.65 Å². The molecule has 0 atom stereocenters. The van der Waals surface area contributed by atoms with Crippen molar-refractivity contribution in [1.82, 2.24) is 24.3 Å². The van der Waals surface area contributed by atoms with Crippen LogP contribution in [0.15, 0.2) is 43.0 Å². The lowest BCUT2D eigenvalue weighted by Crippen LogP contribution is -2.50. The summed E-state index contributed by atoms with van der Waals surface area (Å²) in [6.45, 7) is 4.63. The van der Waals surface area contributed by atoms with Gasteiger partial charge < -0.3 is 18.9 Å². The van der Waals surface area contributed by atoms with Crippen molar-refractivity contribution in [3.05, 3.63) is 48.7 Å². The van der Waals surface area contributed by atoms with Gasteiger partial charge in [-0.15, -0.1) is 0 Å². The van der Waals surface area contributed by atoms with Gasteiger partial charge in [0.25, 0.3) is 5.91 Å². The van der Waals surface area contributed by atoms with Crippen molar-refractivity contribution in [2.45, 2.75) is 6.92 Å². The van der Waals surface area contributed by atoms with Crippen molar-refractivity contribution in [2.24, 2.45) is 0 Å². The molecule has 0 aliphatic carbocycles. The van der Waals surface area contributed by atoms with Crippen molar-refractivity contribution in [2.75, 3.05) is 37.7 Å². The number of imidazole rings is 1. The van der Waals surface area contributed by atoms with Gasteiger partial charge in [-0.3, -0.25) is 4.79 Å². The molecule has 8 nitrogen and oxygen atoms in total. The summed E-state index contributed by atoms with van der Waals surface area (Å²) in [5.41, 5.74) is 1.63. The third-order valence-corrected chi connectivity index (χ3v) is 4.39. The summed E-state index contributed by atoms with van der Waals surface area (Å²) in [6, 6.07) is 5.51. The van der Waals surface area contributed by atoms with E-state index in [0.29, 0.717) is 37.9 Å². The molecule has 0 bridgehead atoms. The molecule has 3 aromatic rings. The predicted molar refractivity (Wildman–Crippen MR) is 96.2 cm³/mol. The SMILES string of the molecule is Cc1cn2cccc(OCC(=O)N3CCN(c4ncccn4)CC3)c2n1. The fourth-order valence-electron chi connectivity index (χ4n) is 3.06. The summed E-state index contributed by atoms with van der Waals surface area (Å²) < 4.78 is 7.64. The molecule has 0 unspecified atom stereocenters. The maximum atomic E-state index is 12.5. The lowest BCUT2D eigenvalue weighted by atomic mass is 10.3. The molecule has 0 N–H and O–H groups in total. The first-order valence-electron chi connectivity index (χ1n) is 8.57. The number of fused-ring (bicyclic) bond motifs is 1. The van der Waals surface area contributed by atoms with Crippen LogP contribution in [0.2, 0.25) is 0 Å². The minimum Gasteiger partial charge on any atom is -0.480 e. The molecule has 0 radical (unpaired) electrons. The second kappa shape index (κ2) is 6.99. The molecule has 0 spiro atoms. The van der Waals surface area contributed by atoms with Gasteiger partial charge >= 0.3 is 0 Å². The van der Waals surface area contributed by atoms with Crippen LogP contribution in [-0.4, -0.2) is 62.9 Å². The first-order valence-corrected chi connectivity index (χ1v) is 8.57. The fraction of sp³-hybridized carbons (Fsp3) is 0.333. The zero-order chi connectivity index (χ0) is 17.9. The minimum absolute atomic E-state index is 0.00736. The fourth-order valence-corrected chi connectivity index (χ4v) is 3.06. The summed E-state index contributed by atoms with van der Waals surface area (Å²) in [4.78, 5) is 29.3. The van der Waals surface area contributed by atoms with E-state index in [4.69, 9.17) is 4.74 Å². The average Bonchev–Trinajstić information content (AvgIpc) is 3.07. The molecule has 8 heteroatoms. The smallest absolute Gasteiger partial charge is 0.260 e. The molecule has 3 aromatic heterocycles. The van der Waals surface area contributed by atoms with E-state index in [0.717, 1.165) is 11.3 Å². The number of carbonyl (C=O) groups is 1. The Morgan fingerprint density at radius 1 is 1.15 bits per heavy atom. The largest absolute Gasteiger partial charge is 0.480 e. The van der Waals surface area contributed by atoms with Gasteiger partial charge in [0.1, 0.15) is 0 Å². The van der Waals surface area contributed by atoms with Gasteiger partial charge in [0.2, 0.25) is 5.95 Å². The quantitative estimate of drug-likeness (QED) is 0.701. The minimum atomic E-state index is -0.0242.